The van der Waals surface area contributed by atoms with Gasteiger partial charge in [0.25, 0.3) is 0 Å². The number of hydrogen-bond donors (Lipinski definition) is 2. The van der Waals surface area contributed by atoms with Gasteiger partial charge in [-0.05, 0) is 109 Å². The van der Waals surface area contributed by atoms with E-state index in [0.29, 0.717) is 17.6 Å². The van der Waals surface area contributed by atoms with Crippen molar-refractivity contribution < 1.29 is 14.0 Å². The summed E-state index contributed by atoms with van der Waals surface area (Å²) in [5, 5.41) is 6.18. The topological polar surface area (TPSA) is 61.4 Å². The Morgan fingerprint density at radius 1 is 1.03 bits per heavy atom. The summed E-state index contributed by atoms with van der Waals surface area (Å²) in [6.45, 7) is 4.53. The van der Waals surface area contributed by atoms with Gasteiger partial charge in [0.2, 0.25) is 11.8 Å². The molecule has 4 atom stereocenters. The summed E-state index contributed by atoms with van der Waals surface area (Å²) in [5.74, 6) is -0.652. The van der Waals surface area contributed by atoms with Gasteiger partial charge in [-0.3, -0.25) is 9.59 Å². The van der Waals surface area contributed by atoms with Gasteiger partial charge in [0, 0.05) is 13.1 Å². The van der Waals surface area contributed by atoms with Crippen molar-refractivity contribution in [1.29, 1.82) is 0 Å². The van der Waals surface area contributed by atoms with Crippen LogP contribution in [0.4, 0.5) is 4.39 Å². The number of allylic oxidation sites excluding steroid dienone is 2. The molecule has 2 saturated carbocycles. The predicted octanol–water partition coefficient (Wildman–Crippen LogP) is 4.03. The molecule has 4 aliphatic rings. The summed E-state index contributed by atoms with van der Waals surface area (Å²) >= 11 is 3.20. The highest BCUT2D eigenvalue weighted by Crippen LogP contribution is 2.72. The summed E-state index contributed by atoms with van der Waals surface area (Å²) in [4.78, 5) is 29.1. The lowest BCUT2D eigenvalue weighted by Crippen LogP contribution is -2.44. The lowest BCUT2D eigenvalue weighted by Gasteiger charge is -2.26. The molecule has 2 bridgehead atoms. The van der Waals surface area contributed by atoms with Crippen LogP contribution in [0.15, 0.2) is 34.8 Å². The zero-order valence-corrected chi connectivity index (χ0v) is 20.6. The Balaban J connectivity index is 1.18. The lowest BCUT2D eigenvalue weighted by molar-refractivity contribution is -0.135. The number of carbonyl (C=O) groups excluding carboxylic acids is 2. The second kappa shape index (κ2) is 9.49. The first-order valence-corrected chi connectivity index (χ1v) is 13.2. The Bertz CT molecular complexity index is 941. The van der Waals surface area contributed by atoms with Crippen LogP contribution < -0.4 is 10.6 Å². The molecule has 33 heavy (non-hydrogen) atoms. The molecule has 1 saturated heterocycles. The molecule has 5 nitrogen and oxygen atoms in total. The van der Waals surface area contributed by atoms with Crippen LogP contribution in [0.2, 0.25) is 0 Å². The van der Waals surface area contributed by atoms with E-state index < -0.39 is 0 Å². The third-order valence-electron chi connectivity index (χ3n) is 8.30. The number of unbranched alkanes of at least 4 members (excludes halogenated alkanes) is 1. The monoisotopic (exact) mass is 517 g/mol. The smallest absolute Gasteiger partial charge is 0.224 e. The van der Waals surface area contributed by atoms with Crippen molar-refractivity contribution in [3.8, 4) is 0 Å². The predicted molar refractivity (Wildman–Crippen MR) is 129 cm³/mol. The van der Waals surface area contributed by atoms with Gasteiger partial charge in [0.15, 0.2) is 0 Å². The molecule has 3 fully saturated rings. The Morgan fingerprint density at radius 3 is 2.33 bits per heavy atom. The first-order chi connectivity index (χ1) is 16.0. The van der Waals surface area contributed by atoms with Crippen molar-refractivity contribution >= 4 is 27.7 Å². The molecule has 2 N–H and O–H groups in total. The molecule has 0 aromatic heterocycles. The van der Waals surface area contributed by atoms with Crippen LogP contribution in [-0.2, 0) is 16.1 Å². The van der Waals surface area contributed by atoms with E-state index in [9.17, 15) is 14.0 Å². The average Bonchev–Trinajstić information content (AvgIpc) is 3.16. The van der Waals surface area contributed by atoms with Gasteiger partial charge in [-0.1, -0.05) is 18.2 Å². The van der Waals surface area contributed by atoms with Crippen LogP contribution in [0.5, 0.6) is 0 Å². The van der Waals surface area contributed by atoms with E-state index in [0.717, 1.165) is 37.8 Å². The standard InChI is InChI=1S/C26H33BrFN3O2/c27-20-15-17(5-8-21(20)28)16-30-25(33)23-19-7-6-18(26(19)9-10-26)22(23)24(32)29-11-1-2-12-31-13-3-4-14-31/h5-8,15,18-19,22-23H,1-4,9-14,16H2,(H,29,32)(H,30,33)/t18-,19+,22-,23-/m1/s1. The van der Waals surface area contributed by atoms with Crippen LogP contribution in [0.1, 0.15) is 44.1 Å². The Morgan fingerprint density at radius 2 is 1.70 bits per heavy atom. The second-order valence-electron chi connectivity index (χ2n) is 10.2. The van der Waals surface area contributed by atoms with E-state index >= 15 is 0 Å². The minimum Gasteiger partial charge on any atom is -0.356 e. The van der Waals surface area contributed by atoms with Crippen molar-refractivity contribution in [2.24, 2.45) is 29.1 Å². The average molecular weight is 518 g/mol. The van der Waals surface area contributed by atoms with Crippen LogP contribution in [0.25, 0.3) is 0 Å². The van der Waals surface area contributed by atoms with Crippen LogP contribution in [0.3, 0.4) is 0 Å². The molecule has 1 heterocycles. The molecule has 1 spiro atoms. The zero-order valence-electron chi connectivity index (χ0n) is 19.0. The number of likely N-dealkylation sites (tertiary alicyclic amines) is 1. The highest BCUT2D eigenvalue weighted by molar-refractivity contribution is 9.10. The molecule has 7 heteroatoms. The zero-order chi connectivity index (χ0) is 23.0. The van der Waals surface area contributed by atoms with Crippen molar-refractivity contribution in [1.82, 2.24) is 15.5 Å². The van der Waals surface area contributed by atoms with Gasteiger partial charge in [0.05, 0.1) is 16.3 Å². The molecule has 178 valence electrons. The van der Waals surface area contributed by atoms with E-state index in [1.807, 2.05) is 0 Å². The van der Waals surface area contributed by atoms with Gasteiger partial charge >= 0.3 is 0 Å². The number of hydrogen-bond acceptors (Lipinski definition) is 3. The van der Waals surface area contributed by atoms with E-state index in [1.165, 1.54) is 32.0 Å². The molecule has 1 aromatic carbocycles. The summed E-state index contributed by atoms with van der Waals surface area (Å²) in [5.41, 5.74) is 0.953. The molecule has 2 amide bonds. The summed E-state index contributed by atoms with van der Waals surface area (Å²) in [6, 6.07) is 4.76. The number of amides is 2. The first-order valence-electron chi connectivity index (χ1n) is 12.4. The highest BCUT2D eigenvalue weighted by atomic mass is 79.9. The van der Waals surface area contributed by atoms with Crippen LogP contribution in [0, 0.1) is 34.9 Å². The van der Waals surface area contributed by atoms with Crippen molar-refractivity contribution in [3.05, 3.63) is 46.2 Å². The number of benzene rings is 1. The van der Waals surface area contributed by atoms with Gasteiger partial charge < -0.3 is 15.5 Å². The maximum Gasteiger partial charge on any atom is 0.224 e. The van der Waals surface area contributed by atoms with Crippen molar-refractivity contribution in [2.75, 3.05) is 26.2 Å². The number of carbonyl (C=O) groups is 2. The maximum atomic E-state index is 13.5. The molecule has 1 aromatic rings. The Labute approximate surface area is 203 Å². The third kappa shape index (κ3) is 4.51. The van der Waals surface area contributed by atoms with Crippen molar-refractivity contribution in [2.45, 2.75) is 45.1 Å². The van der Waals surface area contributed by atoms with Gasteiger partial charge in [-0.25, -0.2) is 4.39 Å². The molecular formula is C26H33BrFN3O2. The first kappa shape index (κ1) is 23.0. The maximum absolute atomic E-state index is 13.5. The summed E-state index contributed by atoms with van der Waals surface area (Å²) < 4.78 is 13.9. The van der Waals surface area contributed by atoms with E-state index in [4.69, 9.17) is 0 Å². The number of nitrogens with zero attached hydrogens (tertiary/aromatic N) is 1. The van der Waals surface area contributed by atoms with E-state index in [1.54, 1.807) is 12.1 Å². The van der Waals surface area contributed by atoms with E-state index in [2.05, 4.69) is 43.6 Å². The van der Waals surface area contributed by atoms with Gasteiger partial charge in [-0.2, -0.15) is 0 Å². The van der Waals surface area contributed by atoms with Gasteiger partial charge in [0.1, 0.15) is 5.82 Å². The normalized spacial score (nSPS) is 29.0. The largest absolute Gasteiger partial charge is 0.356 e. The third-order valence-corrected chi connectivity index (χ3v) is 8.90. The Hall–Kier alpha value is -1.73. The minimum absolute atomic E-state index is 0.0315. The lowest BCUT2D eigenvalue weighted by atomic mass is 9.81. The quantitative estimate of drug-likeness (QED) is 0.384. The second-order valence-corrected chi connectivity index (χ2v) is 11.1. The van der Waals surface area contributed by atoms with Gasteiger partial charge in [-0.15, -0.1) is 0 Å². The molecule has 3 aliphatic carbocycles. The van der Waals surface area contributed by atoms with E-state index in [-0.39, 0.29) is 46.7 Å². The Kier molecular flexibility index (Phi) is 6.62. The van der Waals surface area contributed by atoms with Crippen molar-refractivity contribution in [3.63, 3.8) is 0 Å². The molecule has 0 radical (unpaired) electrons. The number of nitrogens with one attached hydrogen (secondary N) is 2. The summed E-state index contributed by atoms with van der Waals surface area (Å²) in [7, 11) is 0. The van der Waals surface area contributed by atoms with Crippen LogP contribution >= 0.6 is 15.9 Å². The summed E-state index contributed by atoms with van der Waals surface area (Å²) in [6.07, 6.45) is 11.2. The fraction of sp³-hybridized carbons (Fsp3) is 0.615. The fourth-order valence-electron chi connectivity index (χ4n) is 6.46. The number of halogens is 2. The molecule has 1 aliphatic heterocycles. The minimum atomic E-state index is -0.323. The fourth-order valence-corrected chi connectivity index (χ4v) is 6.89. The molecule has 5 rings (SSSR count). The SMILES string of the molecule is O=C(NCCCCN1CCCC1)[C@H]1[C@H](C(=O)NCc2ccc(F)c(Br)c2)[C@@H]2C=C[C@H]1C21CC1. The number of rotatable bonds is 9. The highest BCUT2D eigenvalue weighted by Gasteiger charge is 2.69. The molecule has 0 unspecified atom stereocenters. The molecular weight excluding hydrogens is 485 g/mol. The van der Waals surface area contributed by atoms with Crippen LogP contribution in [-0.4, -0.2) is 42.9 Å².